The number of halogens is 1. The fraction of sp³-hybridized carbons (Fsp3) is 0.267. The lowest BCUT2D eigenvalue weighted by atomic mass is 10.1. The second-order valence-electron chi connectivity index (χ2n) is 4.47. The van der Waals surface area contributed by atoms with Crippen LogP contribution in [0.3, 0.4) is 0 Å². The molecule has 0 radical (unpaired) electrons. The molecule has 0 saturated heterocycles. The normalized spacial score (nSPS) is 11.9. The van der Waals surface area contributed by atoms with Crippen LogP contribution in [0.4, 0.5) is 4.79 Å². The fourth-order valence-corrected chi connectivity index (χ4v) is 2.00. The van der Waals surface area contributed by atoms with E-state index in [1.165, 1.54) is 0 Å². The van der Waals surface area contributed by atoms with Crippen LogP contribution in [0.5, 0.6) is 0 Å². The minimum Gasteiger partial charge on any atom is -0.467 e. The molecule has 21 heavy (non-hydrogen) atoms. The van der Waals surface area contributed by atoms with Gasteiger partial charge in [-0.3, -0.25) is 0 Å². The summed E-state index contributed by atoms with van der Waals surface area (Å²) in [4.78, 5) is 11.9. The van der Waals surface area contributed by atoms with Gasteiger partial charge >= 0.3 is 6.03 Å². The summed E-state index contributed by atoms with van der Waals surface area (Å²) in [5.74, 6) is 0.694. The van der Waals surface area contributed by atoms with Gasteiger partial charge in [-0.1, -0.05) is 23.7 Å². The summed E-state index contributed by atoms with van der Waals surface area (Å²) in [5.41, 5.74) is 0.925. The van der Waals surface area contributed by atoms with Crippen LogP contribution in [-0.4, -0.2) is 19.7 Å². The minimum absolute atomic E-state index is 0.246. The molecule has 0 saturated carbocycles. The summed E-state index contributed by atoms with van der Waals surface area (Å²) >= 11 is 5.86. The average molecular weight is 309 g/mol. The summed E-state index contributed by atoms with van der Waals surface area (Å²) in [7, 11) is 1.59. The lowest BCUT2D eigenvalue weighted by Crippen LogP contribution is -2.39. The van der Waals surface area contributed by atoms with E-state index < -0.39 is 0 Å². The van der Waals surface area contributed by atoms with Gasteiger partial charge in [0, 0.05) is 12.1 Å². The second kappa shape index (κ2) is 7.71. The summed E-state index contributed by atoms with van der Waals surface area (Å²) in [6.45, 7) is 0.703. The molecule has 0 bridgehead atoms. The number of methoxy groups -OCH3 is 1. The maximum absolute atomic E-state index is 11.9. The standard InChI is InChI=1S/C15H17ClN2O3/c1-20-10-14(11-4-6-12(16)7-5-11)18-15(19)17-9-13-3-2-8-21-13/h2-8,14H,9-10H2,1H3,(H2,17,18,19)/t14-/m0/s1. The molecule has 2 rings (SSSR count). The molecule has 1 heterocycles. The highest BCUT2D eigenvalue weighted by Gasteiger charge is 2.14. The van der Waals surface area contributed by atoms with Crippen molar-refractivity contribution < 1.29 is 13.9 Å². The van der Waals surface area contributed by atoms with Crippen LogP contribution in [0.1, 0.15) is 17.4 Å². The van der Waals surface area contributed by atoms with Crippen molar-refractivity contribution in [1.29, 1.82) is 0 Å². The zero-order valence-corrected chi connectivity index (χ0v) is 12.4. The first-order chi connectivity index (χ1) is 10.2. The predicted molar refractivity (Wildman–Crippen MR) is 80.1 cm³/mol. The molecule has 0 aliphatic rings. The first kappa shape index (κ1) is 15.4. The number of furan rings is 1. The molecule has 1 aromatic heterocycles. The Bertz CT molecular complexity index is 555. The lowest BCUT2D eigenvalue weighted by molar-refractivity contribution is 0.165. The number of amides is 2. The monoisotopic (exact) mass is 308 g/mol. The average Bonchev–Trinajstić information content (AvgIpc) is 2.99. The molecule has 0 spiro atoms. The van der Waals surface area contributed by atoms with Gasteiger partial charge in [0.15, 0.2) is 0 Å². The Hall–Kier alpha value is -1.98. The number of nitrogens with one attached hydrogen (secondary N) is 2. The number of carbonyl (C=O) groups is 1. The van der Waals surface area contributed by atoms with E-state index in [1.54, 1.807) is 37.6 Å². The Morgan fingerprint density at radius 2 is 2.10 bits per heavy atom. The molecule has 0 aliphatic carbocycles. The molecule has 0 unspecified atom stereocenters. The molecule has 0 aliphatic heterocycles. The third-order valence-corrected chi connectivity index (χ3v) is 3.17. The third-order valence-electron chi connectivity index (χ3n) is 2.91. The van der Waals surface area contributed by atoms with Crippen molar-refractivity contribution >= 4 is 17.6 Å². The van der Waals surface area contributed by atoms with Gasteiger partial charge < -0.3 is 19.8 Å². The highest BCUT2D eigenvalue weighted by Crippen LogP contribution is 2.16. The van der Waals surface area contributed by atoms with E-state index in [4.69, 9.17) is 20.8 Å². The molecule has 5 nitrogen and oxygen atoms in total. The van der Waals surface area contributed by atoms with Crippen molar-refractivity contribution in [2.24, 2.45) is 0 Å². The van der Waals surface area contributed by atoms with Gasteiger partial charge in [-0.25, -0.2) is 4.79 Å². The first-order valence-electron chi connectivity index (χ1n) is 6.50. The van der Waals surface area contributed by atoms with Crippen molar-refractivity contribution in [1.82, 2.24) is 10.6 Å². The van der Waals surface area contributed by atoms with Crippen LogP contribution in [0.25, 0.3) is 0 Å². The molecule has 112 valence electrons. The maximum Gasteiger partial charge on any atom is 0.315 e. The number of hydrogen-bond donors (Lipinski definition) is 2. The van der Waals surface area contributed by atoms with Gasteiger partial charge in [-0.15, -0.1) is 0 Å². The van der Waals surface area contributed by atoms with Gasteiger partial charge in [0.25, 0.3) is 0 Å². The fourth-order valence-electron chi connectivity index (χ4n) is 1.87. The van der Waals surface area contributed by atoms with E-state index in [9.17, 15) is 4.79 Å². The van der Waals surface area contributed by atoms with E-state index >= 15 is 0 Å². The molecule has 6 heteroatoms. The first-order valence-corrected chi connectivity index (χ1v) is 6.88. The zero-order valence-electron chi connectivity index (χ0n) is 11.6. The number of hydrogen-bond acceptors (Lipinski definition) is 3. The maximum atomic E-state index is 11.9. The van der Waals surface area contributed by atoms with Crippen molar-refractivity contribution in [3.63, 3.8) is 0 Å². The van der Waals surface area contributed by atoms with Gasteiger partial charge in [-0.05, 0) is 29.8 Å². The number of benzene rings is 1. The highest BCUT2D eigenvalue weighted by atomic mass is 35.5. The van der Waals surface area contributed by atoms with Crippen LogP contribution >= 0.6 is 11.6 Å². The van der Waals surface area contributed by atoms with Gasteiger partial charge in [-0.2, -0.15) is 0 Å². The van der Waals surface area contributed by atoms with Crippen molar-refractivity contribution in [2.45, 2.75) is 12.6 Å². The molecule has 2 aromatic rings. The SMILES string of the molecule is COC[C@H](NC(=O)NCc1ccco1)c1ccc(Cl)cc1. The van der Waals surface area contributed by atoms with E-state index in [0.29, 0.717) is 23.9 Å². The van der Waals surface area contributed by atoms with Crippen molar-refractivity contribution in [3.8, 4) is 0 Å². The predicted octanol–water partition coefficient (Wildman–Crippen LogP) is 3.12. The molecule has 2 N–H and O–H groups in total. The van der Waals surface area contributed by atoms with Crippen LogP contribution < -0.4 is 10.6 Å². The van der Waals surface area contributed by atoms with E-state index in [-0.39, 0.29) is 12.1 Å². The summed E-state index contributed by atoms with van der Waals surface area (Å²) in [5, 5.41) is 6.24. The summed E-state index contributed by atoms with van der Waals surface area (Å²) in [6, 6.07) is 10.3. The van der Waals surface area contributed by atoms with Crippen molar-refractivity contribution in [3.05, 3.63) is 59.0 Å². The van der Waals surface area contributed by atoms with Crippen LogP contribution in [0.2, 0.25) is 5.02 Å². The smallest absolute Gasteiger partial charge is 0.315 e. The van der Waals surface area contributed by atoms with E-state index in [1.807, 2.05) is 12.1 Å². The number of carbonyl (C=O) groups excluding carboxylic acids is 1. The molecule has 1 atom stereocenters. The number of ether oxygens (including phenoxy) is 1. The minimum atomic E-state index is -0.289. The Labute approximate surface area is 128 Å². The van der Waals surface area contributed by atoms with E-state index in [2.05, 4.69) is 10.6 Å². The third kappa shape index (κ3) is 4.81. The second-order valence-corrected chi connectivity index (χ2v) is 4.90. The van der Waals surface area contributed by atoms with Crippen molar-refractivity contribution in [2.75, 3.05) is 13.7 Å². The van der Waals surface area contributed by atoms with Crippen LogP contribution in [0, 0.1) is 0 Å². The van der Waals surface area contributed by atoms with Gasteiger partial charge in [0.2, 0.25) is 0 Å². The quantitative estimate of drug-likeness (QED) is 0.862. The molecule has 1 aromatic carbocycles. The Morgan fingerprint density at radius 1 is 1.33 bits per heavy atom. The highest BCUT2D eigenvalue weighted by molar-refractivity contribution is 6.30. The Morgan fingerprint density at radius 3 is 2.71 bits per heavy atom. The van der Waals surface area contributed by atoms with Gasteiger partial charge in [0.05, 0.1) is 25.5 Å². The summed E-state index contributed by atoms with van der Waals surface area (Å²) in [6.07, 6.45) is 1.57. The number of urea groups is 1. The zero-order chi connectivity index (χ0) is 15.1. The molecular formula is C15H17ClN2O3. The number of rotatable bonds is 6. The summed E-state index contributed by atoms with van der Waals surface area (Å²) < 4.78 is 10.3. The largest absolute Gasteiger partial charge is 0.467 e. The van der Waals surface area contributed by atoms with Crippen LogP contribution in [-0.2, 0) is 11.3 Å². The Kier molecular flexibility index (Phi) is 5.66. The molecule has 0 fully saturated rings. The van der Waals surface area contributed by atoms with E-state index in [0.717, 1.165) is 5.56 Å². The van der Waals surface area contributed by atoms with Gasteiger partial charge in [0.1, 0.15) is 5.76 Å². The lowest BCUT2D eigenvalue weighted by Gasteiger charge is -2.18. The molecular weight excluding hydrogens is 292 g/mol. The Balaban J connectivity index is 1.92. The topological polar surface area (TPSA) is 63.5 Å². The van der Waals surface area contributed by atoms with Crippen LogP contribution in [0.15, 0.2) is 47.1 Å². The molecule has 2 amide bonds.